The summed E-state index contributed by atoms with van der Waals surface area (Å²) in [5.74, 6) is 0.193. The van der Waals surface area contributed by atoms with Crippen molar-refractivity contribution in [1.29, 1.82) is 0 Å². The van der Waals surface area contributed by atoms with Crippen molar-refractivity contribution >= 4 is 28.0 Å². The standard InChI is InChI=1S/C10H15N5O5.C7H8O3S/c1-19-8-4-3-7(15(17)18)6(9(8)20-2)5-12-13-10(11)14-16;1-6-2-4-7(5-3-6)11(8,9)10/h3-5,15-17H,1-2H3,(H3,11,13,14);2-5H,1H3,(H,8,9,10)/b12-5+;. The Kier molecular flexibility index (Phi) is 9.81. The fourth-order valence-corrected chi connectivity index (χ4v) is 2.63. The van der Waals surface area contributed by atoms with Gasteiger partial charge in [-0.15, -0.1) is 5.10 Å². The molecule has 0 fully saturated rings. The second kappa shape index (κ2) is 11.8. The van der Waals surface area contributed by atoms with Gasteiger partial charge in [0.2, 0.25) is 5.96 Å². The maximum absolute atomic E-state index is 11.2. The van der Waals surface area contributed by atoms with Crippen molar-refractivity contribution in [3.63, 3.8) is 0 Å². The van der Waals surface area contributed by atoms with Crippen molar-refractivity contribution in [3.05, 3.63) is 52.7 Å². The van der Waals surface area contributed by atoms with Gasteiger partial charge in [-0.25, -0.2) is 10.7 Å². The summed E-state index contributed by atoms with van der Waals surface area (Å²) < 4.78 is 39.7. The lowest BCUT2D eigenvalue weighted by atomic mass is 10.1. The zero-order valence-electron chi connectivity index (χ0n) is 16.8. The van der Waals surface area contributed by atoms with E-state index in [9.17, 15) is 13.6 Å². The third-order valence-electron chi connectivity index (χ3n) is 3.60. The van der Waals surface area contributed by atoms with Crippen LogP contribution in [0.4, 0.5) is 5.69 Å². The molecule has 1 unspecified atom stereocenters. The molecule has 0 heterocycles. The number of hydrogen-bond acceptors (Lipinski definition) is 9. The van der Waals surface area contributed by atoms with Gasteiger partial charge in [0, 0.05) is 6.07 Å². The lowest BCUT2D eigenvalue weighted by Crippen LogP contribution is -2.99. The molecule has 31 heavy (non-hydrogen) atoms. The fraction of sp³-hybridized carbons (Fsp3) is 0.176. The van der Waals surface area contributed by atoms with Crippen LogP contribution in [-0.2, 0) is 10.1 Å². The number of rotatable bonds is 6. The van der Waals surface area contributed by atoms with Crippen molar-refractivity contribution in [2.45, 2.75) is 11.8 Å². The molecule has 0 aliphatic rings. The Morgan fingerprint density at radius 1 is 1.19 bits per heavy atom. The quantitative estimate of drug-likeness (QED) is 0.148. The van der Waals surface area contributed by atoms with Crippen LogP contribution in [0.5, 0.6) is 11.5 Å². The summed E-state index contributed by atoms with van der Waals surface area (Å²) in [7, 11) is -1.23. The first-order chi connectivity index (χ1) is 14.5. The Bertz CT molecular complexity index is 1020. The van der Waals surface area contributed by atoms with Gasteiger partial charge in [0.15, 0.2) is 17.2 Å². The number of ether oxygens (including phenoxy) is 2. The number of hydroxylamine groups is 1. The molecule has 2 aromatic rings. The van der Waals surface area contributed by atoms with Crippen LogP contribution in [0, 0.1) is 12.1 Å². The summed E-state index contributed by atoms with van der Waals surface area (Å²) in [5.41, 5.74) is 7.82. The van der Waals surface area contributed by atoms with Crippen molar-refractivity contribution in [1.82, 2.24) is 5.48 Å². The predicted molar refractivity (Wildman–Crippen MR) is 110 cm³/mol. The largest absolute Gasteiger partial charge is 0.595 e. The van der Waals surface area contributed by atoms with Crippen molar-refractivity contribution < 1.29 is 38.1 Å². The topological polar surface area (TPSA) is 204 Å². The minimum Gasteiger partial charge on any atom is -0.595 e. The number of benzene rings is 2. The third-order valence-corrected chi connectivity index (χ3v) is 4.47. The number of aryl methyl sites for hydroxylation is 1. The van der Waals surface area contributed by atoms with Crippen molar-refractivity contribution in [2.24, 2.45) is 15.9 Å². The molecule has 2 rings (SSSR count). The summed E-state index contributed by atoms with van der Waals surface area (Å²) in [4.78, 5) is -0.0666. The summed E-state index contributed by atoms with van der Waals surface area (Å²) in [6, 6.07) is 8.80. The summed E-state index contributed by atoms with van der Waals surface area (Å²) >= 11 is 0. The molecule has 0 aliphatic heterocycles. The molecule has 0 aliphatic carbocycles. The number of hydrogen-bond donors (Lipinski definition) is 6. The predicted octanol–water partition coefficient (Wildman–Crippen LogP) is -0.0237. The highest BCUT2D eigenvalue weighted by Gasteiger charge is 2.18. The zero-order valence-corrected chi connectivity index (χ0v) is 17.6. The average molecular weight is 457 g/mol. The average Bonchev–Trinajstić information content (AvgIpc) is 2.72. The molecule has 0 saturated carbocycles. The highest BCUT2D eigenvalue weighted by atomic mass is 32.2. The SMILES string of the molecule is COc1ccc([NH+]([O-])O)c(/C=N/N=C(/N)NO)c1OC.Cc1ccc(S(=O)(=O)O)cc1. The number of quaternary nitrogens is 1. The minimum atomic E-state index is -4.02. The lowest BCUT2D eigenvalue weighted by molar-refractivity contribution is -0.991. The maximum Gasteiger partial charge on any atom is 0.294 e. The van der Waals surface area contributed by atoms with Gasteiger partial charge < -0.3 is 20.4 Å². The monoisotopic (exact) mass is 457 g/mol. The van der Waals surface area contributed by atoms with Crippen LogP contribution in [-0.4, -0.2) is 49.8 Å². The van der Waals surface area contributed by atoms with E-state index in [-0.39, 0.29) is 27.9 Å². The van der Waals surface area contributed by atoms with E-state index in [4.69, 9.17) is 30.2 Å². The van der Waals surface area contributed by atoms with Crippen LogP contribution in [0.3, 0.4) is 0 Å². The van der Waals surface area contributed by atoms with E-state index in [1.165, 1.54) is 38.5 Å². The lowest BCUT2D eigenvalue weighted by Gasteiger charge is -2.17. The van der Waals surface area contributed by atoms with Gasteiger partial charge in [-0.1, -0.05) is 17.7 Å². The van der Waals surface area contributed by atoms with Gasteiger partial charge in [0.25, 0.3) is 10.1 Å². The molecule has 0 bridgehead atoms. The number of methoxy groups -OCH3 is 2. The second-order valence-electron chi connectivity index (χ2n) is 5.70. The normalized spacial score (nSPS) is 12.7. The number of nitrogens with zero attached hydrogens (tertiary/aromatic N) is 2. The van der Waals surface area contributed by atoms with Crippen molar-refractivity contribution in [3.8, 4) is 11.5 Å². The molecule has 0 radical (unpaired) electrons. The van der Waals surface area contributed by atoms with E-state index >= 15 is 0 Å². The van der Waals surface area contributed by atoms with Gasteiger partial charge in [-0.05, 0) is 25.1 Å². The Morgan fingerprint density at radius 3 is 2.26 bits per heavy atom. The number of nitrogens with one attached hydrogen (secondary N) is 2. The molecule has 7 N–H and O–H groups in total. The Labute approximate surface area is 178 Å². The highest BCUT2D eigenvalue weighted by Crippen LogP contribution is 2.33. The molecule has 1 atom stereocenters. The second-order valence-corrected chi connectivity index (χ2v) is 7.12. The van der Waals surface area contributed by atoms with Crippen LogP contribution in [0.1, 0.15) is 11.1 Å². The summed E-state index contributed by atoms with van der Waals surface area (Å²) in [5, 5.41) is 34.5. The first kappa shape index (κ1) is 25.8. The first-order valence-electron chi connectivity index (χ1n) is 8.34. The zero-order chi connectivity index (χ0) is 23.6. The van der Waals surface area contributed by atoms with Gasteiger partial charge in [0.1, 0.15) is 5.56 Å². The molecule has 170 valence electrons. The molecule has 14 heteroatoms. The van der Waals surface area contributed by atoms with E-state index in [0.29, 0.717) is 5.75 Å². The summed E-state index contributed by atoms with van der Waals surface area (Å²) in [6.45, 7) is 1.84. The summed E-state index contributed by atoms with van der Waals surface area (Å²) in [6.07, 6.45) is 1.13. The van der Waals surface area contributed by atoms with Gasteiger partial charge in [0.05, 0.1) is 25.3 Å². The van der Waals surface area contributed by atoms with Crippen LogP contribution >= 0.6 is 0 Å². The van der Waals surface area contributed by atoms with Crippen LogP contribution < -0.4 is 25.9 Å². The molecular formula is C17H23N5O8S. The van der Waals surface area contributed by atoms with Crippen molar-refractivity contribution in [2.75, 3.05) is 14.2 Å². The van der Waals surface area contributed by atoms with Gasteiger partial charge in [-0.2, -0.15) is 18.7 Å². The molecule has 2 aromatic carbocycles. The van der Waals surface area contributed by atoms with E-state index in [0.717, 1.165) is 11.8 Å². The van der Waals surface area contributed by atoms with Gasteiger partial charge >= 0.3 is 0 Å². The van der Waals surface area contributed by atoms with E-state index < -0.39 is 15.3 Å². The van der Waals surface area contributed by atoms with Crippen LogP contribution in [0.2, 0.25) is 0 Å². The Hall–Kier alpha value is -3.27. The highest BCUT2D eigenvalue weighted by molar-refractivity contribution is 7.85. The first-order valence-corrected chi connectivity index (χ1v) is 9.78. The maximum atomic E-state index is 11.2. The minimum absolute atomic E-state index is 0.0443. The molecule has 0 amide bonds. The number of guanidine groups is 1. The fourth-order valence-electron chi connectivity index (χ4n) is 2.15. The van der Waals surface area contributed by atoms with E-state index in [1.54, 1.807) is 17.6 Å². The molecule has 0 saturated heterocycles. The van der Waals surface area contributed by atoms with Crippen LogP contribution in [0.25, 0.3) is 0 Å². The van der Waals surface area contributed by atoms with Gasteiger partial charge in [-0.3, -0.25) is 9.76 Å². The van der Waals surface area contributed by atoms with E-state index in [1.807, 2.05) is 6.92 Å². The molecule has 13 nitrogen and oxygen atoms in total. The van der Waals surface area contributed by atoms with Crippen LogP contribution in [0.15, 0.2) is 51.5 Å². The Balaban J connectivity index is 0.000000367. The van der Waals surface area contributed by atoms with E-state index in [2.05, 4.69) is 10.2 Å². The Morgan fingerprint density at radius 2 is 1.81 bits per heavy atom. The smallest absolute Gasteiger partial charge is 0.294 e. The third kappa shape index (κ3) is 7.82. The molecule has 0 spiro atoms. The number of nitrogens with two attached hydrogens (primary N) is 1. The molecule has 0 aromatic heterocycles. The molecular weight excluding hydrogens is 434 g/mol.